The van der Waals surface area contributed by atoms with Gasteiger partial charge >= 0.3 is 11.7 Å². The number of methoxy groups -OCH3 is 1. The van der Waals surface area contributed by atoms with E-state index in [0.717, 1.165) is 15.4 Å². The molecule has 0 aliphatic carbocycles. The number of nitro groups is 1. The van der Waals surface area contributed by atoms with Gasteiger partial charge in [0.2, 0.25) is 5.75 Å². The molecule has 1 unspecified atom stereocenters. The summed E-state index contributed by atoms with van der Waals surface area (Å²) in [5.74, 6) is -0.344. The lowest BCUT2D eigenvalue weighted by atomic mass is 10.1. The molecule has 4 aromatic rings. The number of anilines is 2. The molecule has 10 nitrogen and oxygen atoms in total. The van der Waals surface area contributed by atoms with Crippen molar-refractivity contribution >= 4 is 34.3 Å². The second kappa shape index (κ2) is 12.2. The molecule has 39 heavy (non-hydrogen) atoms. The summed E-state index contributed by atoms with van der Waals surface area (Å²) >= 11 is -2.51. The highest BCUT2D eigenvalue weighted by molar-refractivity contribution is 7.81. The number of benzene rings is 4. The molecule has 0 fully saturated rings. The van der Waals surface area contributed by atoms with Gasteiger partial charge in [-0.1, -0.05) is 48.0 Å². The minimum Gasteiger partial charge on any atom is -0.482 e. The molecule has 200 valence electrons. The minimum atomic E-state index is -2.51. The maximum absolute atomic E-state index is 12.7. The molecule has 0 bridgehead atoms. The van der Waals surface area contributed by atoms with Crippen molar-refractivity contribution in [3.05, 3.63) is 118 Å². The van der Waals surface area contributed by atoms with Crippen LogP contribution in [0.15, 0.2) is 91.0 Å². The summed E-state index contributed by atoms with van der Waals surface area (Å²) in [4.78, 5) is 23.6. The highest BCUT2D eigenvalue weighted by Gasteiger charge is 2.24. The largest absolute Gasteiger partial charge is 0.482 e. The zero-order valence-corrected chi connectivity index (χ0v) is 21.8. The topological polar surface area (TPSA) is 128 Å². The lowest BCUT2D eigenvalue weighted by molar-refractivity contribution is -0.386. The summed E-state index contributed by atoms with van der Waals surface area (Å²) in [6, 6.07) is 24.4. The quantitative estimate of drug-likeness (QED) is 0.105. The fraction of sp³-hybridized carbons (Fsp3) is 0.107. The van der Waals surface area contributed by atoms with Crippen molar-refractivity contribution < 1.29 is 32.7 Å². The van der Waals surface area contributed by atoms with Gasteiger partial charge in [-0.2, -0.15) is 0 Å². The normalized spacial score (nSPS) is 11.4. The molecule has 11 heteroatoms. The molecule has 1 N–H and O–H groups in total. The minimum absolute atomic E-state index is 0.00684. The van der Waals surface area contributed by atoms with E-state index in [1.807, 2.05) is 37.3 Å². The molecule has 0 aliphatic rings. The van der Waals surface area contributed by atoms with Gasteiger partial charge in [-0.25, -0.2) is 13.3 Å². The number of nitro benzene ring substituents is 1. The standard InChI is InChI=1S/C28H24N2O8S/c1-19-8-10-21(11-9-19)29(39(34)35)25-14-12-22(16-24(25)28(31)36-2)38-23-13-15-26(30(32)33)27(17-23)37-18-20-6-4-3-5-7-20/h3-17H,18H2,1-2H3,(H,34,35). The Morgan fingerprint density at radius 3 is 2.28 bits per heavy atom. The van der Waals surface area contributed by atoms with Crippen LogP contribution in [0.25, 0.3) is 0 Å². The van der Waals surface area contributed by atoms with Gasteiger partial charge in [-0.3, -0.25) is 14.7 Å². The molecule has 4 aromatic carbocycles. The van der Waals surface area contributed by atoms with Gasteiger partial charge in [-0.05, 0) is 48.9 Å². The zero-order chi connectivity index (χ0) is 27.9. The summed E-state index contributed by atoms with van der Waals surface area (Å²) in [6.45, 7) is 1.99. The van der Waals surface area contributed by atoms with Crippen LogP contribution in [0, 0.1) is 17.0 Å². The van der Waals surface area contributed by atoms with Crippen LogP contribution in [0.3, 0.4) is 0 Å². The van der Waals surface area contributed by atoms with E-state index in [9.17, 15) is 23.7 Å². The molecule has 0 spiro atoms. The predicted molar refractivity (Wildman–Crippen MR) is 146 cm³/mol. The smallest absolute Gasteiger partial charge is 0.340 e. The second-order valence-electron chi connectivity index (χ2n) is 8.29. The highest BCUT2D eigenvalue weighted by atomic mass is 32.2. The molecule has 0 aliphatic heterocycles. The lowest BCUT2D eigenvalue weighted by Crippen LogP contribution is -2.22. The fourth-order valence-corrected chi connectivity index (χ4v) is 4.35. The first-order valence-electron chi connectivity index (χ1n) is 11.6. The monoisotopic (exact) mass is 548 g/mol. The molecule has 0 saturated carbocycles. The van der Waals surface area contributed by atoms with Crippen LogP contribution >= 0.6 is 0 Å². The van der Waals surface area contributed by atoms with Crippen LogP contribution in [-0.4, -0.2) is 26.8 Å². The fourth-order valence-electron chi connectivity index (χ4n) is 3.72. The summed E-state index contributed by atoms with van der Waals surface area (Å²) in [6.07, 6.45) is 0. The first-order chi connectivity index (χ1) is 18.8. The molecule has 0 heterocycles. The van der Waals surface area contributed by atoms with E-state index >= 15 is 0 Å². The van der Waals surface area contributed by atoms with E-state index in [4.69, 9.17) is 14.2 Å². The van der Waals surface area contributed by atoms with E-state index in [-0.39, 0.29) is 40.8 Å². The van der Waals surface area contributed by atoms with Gasteiger partial charge in [0.05, 0.1) is 29.0 Å². The van der Waals surface area contributed by atoms with E-state index < -0.39 is 22.2 Å². The third kappa shape index (κ3) is 6.58. The molecule has 4 rings (SSSR count). The number of nitrogens with zero attached hydrogens (tertiary/aromatic N) is 2. The van der Waals surface area contributed by atoms with Crippen molar-refractivity contribution in [1.29, 1.82) is 0 Å². The van der Waals surface area contributed by atoms with Gasteiger partial charge in [0.1, 0.15) is 18.1 Å². The van der Waals surface area contributed by atoms with Gasteiger partial charge in [0.25, 0.3) is 11.3 Å². The molecule has 0 amide bonds. The van der Waals surface area contributed by atoms with Gasteiger partial charge in [0.15, 0.2) is 0 Å². The van der Waals surface area contributed by atoms with E-state index in [2.05, 4.69) is 0 Å². The predicted octanol–water partition coefficient (Wildman–Crippen LogP) is 6.34. The highest BCUT2D eigenvalue weighted by Crippen LogP contribution is 2.37. The van der Waals surface area contributed by atoms with Crippen molar-refractivity contribution in [3.8, 4) is 17.2 Å². The maximum atomic E-state index is 12.7. The number of aryl methyl sites for hydroxylation is 1. The zero-order valence-electron chi connectivity index (χ0n) is 21.0. The Labute approximate surface area is 226 Å². The van der Waals surface area contributed by atoms with Crippen molar-refractivity contribution in [2.75, 3.05) is 11.4 Å². The Bertz CT molecular complexity index is 1510. The van der Waals surface area contributed by atoms with Crippen molar-refractivity contribution in [3.63, 3.8) is 0 Å². The van der Waals surface area contributed by atoms with Crippen LogP contribution < -0.4 is 13.8 Å². The maximum Gasteiger partial charge on any atom is 0.340 e. The van der Waals surface area contributed by atoms with Crippen LogP contribution in [0.5, 0.6) is 17.2 Å². The van der Waals surface area contributed by atoms with Gasteiger partial charge in [0, 0.05) is 12.1 Å². The Morgan fingerprint density at radius 1 is 0.974 bits per heavy atom. The summed E-state index contributed by atoms with van der Waals surface area (Å²) in [7, 11) is 1.19. The van der Waals surface area contributed by atoms with Gasteiger partial charge in [-0.15, -0.1) is 0 Å². The Kier molecular flexibility index (Phi) is 8.54. The van der Waals surface area contributed by atoms with Crippen LogP contribution in [0.1, 0.15) is 21.5 Å². The third-order valence-electron chi connectivity index (χ3n) is 5.62. The molecular formula is C28H24N2O8S. The van der Waals surface area contributed by atoms with Crippen molar-refractivity contribution in [2.24, 2.45) is 0 Å². The number of esters is 1. The molecule has 0 radical (unpaired) electrons. The van der Waals surface area contributed by atoms with E-state index in [1.165, 1.54) is 43.5 Å². The lowest BCUT2D eigenvalue weighted by Gasteiger charge is -2.23. The first kappa shape index (κ1) is 27.3. The van der Waals surface area contributed by atoms with Crippen LogP contribution in [-0.2, 0) is 22.6 Å². The van der Waals surface area contributed by atoms with Crippen molar-refractivity contribution in [1.82, 2.24) is 0 Å². The second-order valence-corrected chi connectivity index (χ2v) is 9.12. The molecule has 0 aromatic heterocycles. The number of rotatable bonds is 10. The van der Waals surface area contributed by atoms with Crippen molar-refractivity contribution in [2.45, 2.75) is 13.5 Å². The number of ether oxygens (including phenoxy) is 3. The summed E-state index contributed by atoms with van der Waals surface area (Å²) < 4.78 is 39.9. The van der Waals surface area contributed by atoms with E-state index in [0.29, 0.717) is 5.69 Å². The number of hydrogen-bond acceptors (Lipinski definition) is 7. The number of hydrogen-bond donors (Lipinski definition) is 1. The number of carbonyl (C=O) groups excluding carboxylic acids is 1. The Hall–Kier alpha value is -4.74. The Morgan fingerprint density at radius 2 is 1.64 bits per heavy atom. The molecule has 1 atom stereocenters. The summed E-state index contributed by atoms with van der Waals surface area (Å²) in [5.41, 5.74) is 2.03. The van der Waals surface area contributed by atoms with Crippen LogP contribution in [0.4, 0.5) is 17.1 Å². The summed E-state index contributed by atoms with van der Waals surface area (Å²) in [5, 5.41) is 11.5. The molecule has 0 saturated heterocycles. The SMILES string of the molecule is COC(=O)c1cc(Oc2ccc([N+](=O)[O-])c(OCc3ccccc3)c2)ccc1N(c1ccc(C)cc1)S(=O)O. The average Bonchev–Trinajstić information content (AvgIpc) is 2.93. The van der Waals surface area contributed by atoms with E-state index in [1.54, 1.807) is 24.3 Å². The first-order valence-corrected chi connectivity index (χ1v) is 12.7. The van der Waals surface area contributed by atoms with Gasteiger partial charge < -0.3 is 14.2 Å². The van der Waals surface area contributed by atoms with Crippen LogP contribution in [0.2, 0.25) is 0 Å². The average molecular weight is 549 g/mol. The Balaban J connectivity index is 1.67. The molecular weight excluding hydrogens is 524 g/mol. The number of carbonyl (C=O) groups is 1. The third-order valence-corrected chi connectivity index (χ3v) is 6.34.